The molecule has 0 bridgehead atoms. The van der Waals surface area contributed by atoms with E-state index in [2.05, 4.69) is 17.0 Å². The lowest BCUT2D eigenvalue weighted by molar-refractivity contribution is -0.152. The highest BCUT2D eigenvalue weighted by Gasteiger charge is 2.34. The summed E-state index contributed by atoms with van der Waals surface area (Å²) in [4.78, 5) is 4.01. The third kappa shape index (κ3) is 4.48. The lowest BCUT2D eigenvalue weighted by atomic mass is 9.93. The lowest BCUT2D eigenvalue weighted by Crippen LogP contribution is -2.43. The maximum Gasteiger partial charge on any atom is 0.401 e. The van der Waals surface area contributed by atoms with Crippen LogP contribution < -0.4 is 0 Å². The molecule has 0 amide bonds. The first-order chi connectivity index (χ1) is 10.9. The molecule has 23 heavy (non-hydrogen) atoms. The summed E-state index contributed by atoms with van der Waals surface area (Å²) < 4.78 is 38.0. The largest absolute Gasteiger partial charge is 0.401 e. The zero-order chi connectivity index (χ0) is 16.4. The molecule has 1 atom stereocenters. The summed E-state index contributed by atoms with van der Waals surface area (Å²) in [5.41, 5.74) is 3.57. The molecule has 0 aliphatic carbocycles. The normalized spacial score (nSPS) is 23.7. The maximum absolute atomic E-state index is 12.7. The van der Waals surface area contributed by atoms with Crippen molar-refractivity contribution in [3.05, 3.63) is 34.9 Å². The van der Waals surface area contributed by atoms with Gasteiger partial charge in [-0.25, -0.2) is 0 Å². The van der Waals surface area contributed by atoms with Crippen molar-refractivity contribution in [2.45, 2.75) is 57.9 Å². The van der Waals surface area contributed by atoms with Gasteiger partial charge in [0.05, 0.1) is 6.54 Å². The standard InChI is InChI=1S/C18H25F3N2/c1-14-9-17-10-15(11-22-7-3-2-4-8-22)5-6-16(17)12-23(14)13-18(19,20)21/h5-6,10,14H,2-4,7-9,11-13H2,1H3. The van der Waals surface area contributed by atoms with Gasteiger partial charge in [-0.1, -0.05) is 24.6 Å². The Hall–Kier alpha value is -1.07. The molecule has 128 valence electrons. The Balaban J connectivity index is 1.68. The Morgan fingerprint density at radius 2 is 1.83 bits per heavy atom. The van der Waals surface area contributed by atoms with Crippen LogP contribution in [-0.2, 0) is 19.5 Å². The van der Waals surface area contributed by atoms with Gasteiger partial charge in [0.15, 0.2) is 0 Å². The number of nitrogens with zero attached hydrogens (tertiary/aromatic N) is 2. The fourth-order valence-electron chi connectivity index (χ4n) is 3.76. The molecule has 0 spiro atoms. The number of hydrogen-bond donors (Lipinski definition) is 0. The first kappa shape index (κ1) is 16.8. The Bertz CT molecular complexity index is 536. The van der Waals surface area contributed by atoms with Gasteiger partial charge in [-0.15, -0.1) is 0 Å². The van der Waals surface area contributed by atoms with Crippen molar-refractivity contribution in [3.63, 3.8) is 0 Å². The Kier molecular flexibility index (Phi) is 4.97. The van der Waals surface area contributed by atoms with Gasteiger partial charge in [0.25, 0.3) is 0 Å². The van der Waals surface area contributed by atoms with Crippen LogP contribution in [0.25, 0.3) is 0 Å². The average Bonchev–Trinajstić information content (AvgIpc) is 2.48. The number of hydrogen-bond acceptors (Lipinski definition) is 2. The second kappa shape index (κ2) is 6.81. The quantitative estimate of drug-likeness (QED) is 0.829. The summed E-state index contributed by atoms with van der Waals surface area (Å²) in [6, 6.07) is 6.28. The predicted molar refractivity (Wildman–Crippen MR) is 85.2 cm³/mol. The second-order valence-corrected chi connectivity index (χ2v) is 7.01. The average molecular weight is 326 g/mol. The second-order valence-electron chi connectivity index (χ2n) is 7.01. The van der Waals surface area contributed by atoms with Gasteiger partial charge in [0.2, 0.25) is 0 Å². The fourth-order valence-corrected chi connectivity index (χ4v) is 3.76. The minimum absolute atomic E-state index is 0.0608. The minimum atomic E-state index is -4.13. The number of alkyl halides is 3. The van der Waals surface area contributed by atoms with Crippen molar-refractivity contribution < 1.29 is 13.2 Å². The van der Waals surface area contributed by atoms with E-state index in [0.29, 0.717) is 13.0 Å². The smallest absolute Gasteiger partial charge is 0.299 e. The van der Waals surface area contributed by atoms with Crippen molar-refractivity contribution in [1.29, 1.82) is 0 Å². The summed E-state index contributed by atoms with van der Waals surface area (Å²) in [6.07, 6.45) is 0.454. The van der Waals surface area contributed by atoms with Crippen LogP contribution in [0, 0.1) is 0 Å². The van der Waals surface area contributed by atoms with Gasteiger partial charge in [-0.2, -0.15) is 13.2 Å². The van der Waals surface area contributed by atoms with Gasteiger partial charge in [0, 0.05) is 19.1 Å². The molecule has 1 saturated heterocycles. The van der Waals surface area contributed by atoms with Gasteiger partial charge in [-0.3, -0.25) is 9.80 Å². The molecule has 2 heterocycles. The monoisotopic (exact) mass is 326 g/mol. The molecule has 0 saturated carbocycles. The molecule has 5 heteroatoms. The van der Waals surface area contributed by atoms with Gasteiger partial charge < -0.3 is 0 Å². The molecule has 0 N–H and O–H groups in total. The molecule has 1 aromatic rings. The summed E-state index contributed by atoms with van der Waals surface area (Å²) in [6.45, 7) is 4.77. The van der Waals surface area contributed by atoms with E-state index in [0.717, 1.165) is 25.2 Å². The summed E-state index contributed by atoms with van der Waals surface area (Å²) in [5, 5.41) is 0. The summed E-state index contributed by atoms with van der Waals surface area (Å²) >= 11 is 0. The van der Waals surface area contributed by atoms with E-state index in [1.54, 1.807) is 0 Å². The first-order valence-electron chi connectivity index (χ1n) is 8.54. The molecular weight excluding hydrogens is 301 g/mol. The highest BCUT2D eigenvalue weighted by Crippen LogP contribution is 2.28. The number of likely N-dealkylation sites (tertiary alicyclic amines) is 1. The molecule has 0 radical (unpaired) electrons. The maximum atomic E-state index is 12.7. The zero-order valence-corrected chi connectivity index (χ0v) is 13.7. The van der Waals surface area contributed by atoms with Crippen LogP contribution in [0.1, 0.15) is 42.9 Å². The number of halogens is 3. The minimum Gasteiger partial charge on any atom is -0.299 e. The van der Waals surface area contributed by atoms with E-state index in [4.69, 9.17) is 0 Å². The first-order valence-corrected chi connectivity index (χ1v) is 8.54. The topological polar surface area (TPSA) is 6.48 Å². The summed E-state index contributed by atoms with van der Waals surface area (Å²) in [5.74, 6) is 0. The molecule has 3 rings (SSSR count). The Morgan fingerprint density at radius 1 is 1.09 bits per heavy atom. The molecule has 2 aliphatic rings. The Labute approximate surface area is 136 Å². The van der Waals surface area contributed by atoms with Crippen LogP contribution in [0.15, 0.2) is 18.2 Å². The lowest BCUT2D eigenvalue weighted by Gasteiger charge is -2.35. The van der Waals surface area contributed by atoms with Crippen LogP contribution >= 0.6 is 0 Å². The zero-order valence-electron chi connectivity index (χ0n) is 13.7. The third-order valence-electron chi connectivity index (χ3n) is 5.02. The highest BCUT2D eigenvalue weighted by molar-refractivity contribution is 5.34. The number of fused-ring (bicyclic) bond motifs is 1. The van der Waals surface area contributed by atoms with Gasteiger partial charge in [-0.05, 0) is 56.0 Å². The highest BCUT2D eigenvalue weighted by atomic mass is 19.4. The van der Waals surface area contributed by atoms with Gasteiger partial charge >= 0.3 is 6.18 Å². The predicted octanol–water partition coefficient (Wildman–Crippen LogP) is 3.98. The molecule has 2 nitrogen and oxygen atoms in total. The van der Waals surface area contributed by atoms with Crippen LogP contribution in [0.5, 0.6) is 0 Å². The van der Waals surface area contributed by atoms with Crippen molar-refractivity contribution in [1.82, 2.24) is 9.80 Å². The van der Waals surface area contributed by atoms with E-state index in [1.165, 1.54) is 35.3 Å². The van der Waals surface area contributed by atoms with Crippen molar-refractivity contribution in [2.24, 2.45) is 0 Å². The molecule has 1 unspecified atom stereocenters. The number of benzene rings is 1. The number of piperidine rings is 1. The van der Waals surface area contributed by atoms with Crippen LogP contribution in [0.4, 0.5) is 13.2 Å². The molecule has 2 aliphatic heterocycles. The molecule has 1 aromatic carbocycles. The van der Waals surface area contributed by atoms with Crippen molar-refractivity contribution in [3.8, 4) is 0 Å². The van der Waals surface area contributed by atoms with E-state index in [-0.39, 0.29) is 6.04 Å². The number of rotatable bonds is 3. The van der Waals surface area contributed by atoms with Gasteiger partial charge in [0.1, 0.15) is 0 Å². The van der Waals surface area contributed by atoms with Crippen LogP contribution in [0.2, 0.25) is 0 Å². The SMILES string of the molecule is CC1Cc2cc(CN3CCCCC3)ccc2CN1CC(F)(F)F. The van der Waals surface area contributed by atoms with Crippen LogP contribution in [-0.4, -0.2) is 41.7 Å². The van der Waals surface area contributed by atoms with Crippen molar-refractivity contribution >= 4 is 0 Å². The molecule has 0 aromatic heterocycles. The van der Waals surface area contributed by atoms with Crippen LogP contribution in [0.3, 0.4) is 0 Å². The van der Waals surface area contributed by atoms with E-state index < -0.39 is 12.7 Å². The molecular formula is C18H25F3N2. The fraction of sp³-hybridized carbons (Fsp3) is 0.667. The third-order valence-corrected chi connectivity index (χ3v) is 5.02. The van der Waals surface area contributed by atoms with Crippen molar-refractivity contribution in [2.75, 3.05) is 19.6 Å². The Morgan fingerprint density at radius 3 is 2.52 bits per heavy atom. The summed E-state index contributed by atoms with van der Waals surface area (Å²) in [7, 11) is 0. The van der Waals surface area contributed by atoms with E-state index in [1.807, 2.05) is 13.0 Å². The van der Waals surface area contributed by atoms with E-state index >= 15 is 0 Å². The van der Waals surface area contributed by atoms with E-state index in [9.17, 15) is 13.2 Å². The molecule has 1 fully saturated rings.